The van der Waals surface area contributed by atoms with E-state index in [-0.39, 0.29) is 18.8 Å². The molecular formula is C31H31N5O4S. The van der Waals surface area contributed by atoms with E-state index in [1.807, 2.05) is 83.4 Å². The van der Waals surface area contributed by atoms with Crippen LogP contribution in [0.3, 0.4) is 0 Å². The molecule has 0 aliphatic rings. The molecule has 0 saturated carbocycles. The van der Waals surface area contributed by atoms with Crippen LogP contribution < -0.4 is 10.1 Å². The number of amides is 1. The molecule has 0 fully saturated rings. The second-order valence-electron chi connectivity index (χ2n) is 9.57. The maximum Gasteiger partial charge on any atom is 0.326 e. The lowest BCUT2D eigenvalue weighted by Crippen LogP contribution is -2.43. The van der Waals surface area contributed by atoms with Gasteiger partial charge in [0.2, 0.25) is 5.91 Å². The number of fused-ring (bicyclic) bond motifs is 1. The third-order valence-electron chi connectivity index (χ3n) is 6.74. The molecule has 0 radical (unpaired) electrons. The first-order valence-electron chi connectivity index (χ1n) is 13.4. The van der Waals surface area contributed by atoms with Gasteiger partial charge in [0.25, 0.3) is 0 Å². The smallest absolute Gasteiger partial charge is 0.326 e. The molecule has 0 aliphatic heterocycles. The van der Waals surface area contributed by atoms with Gasteiger partial charge in [0, 0.05) is 23.5 Å². The number of carbonyl (C=O) groups is 2. The monoisotopic (exact) mass is 569 g/mol. The first-order valence-corrected chi connectivity index (χ1v) is 14.4. The second kappa shape index (κ2) is 13.2. The fourth-order valence-corrected chi connectivity index (χ4v) is 5.28. The van der Waals surface area contributed by atoms with E-state index in [1.165, 1.54) is 17.3 Å². The largest absolute Gasteiger partial charge is 0.486 e. The summed E-state index contributed by atoms with van der Waals surface area (Å²) < 4.78 is 7.91. The number of hydrogen-bond donors (Lipinski definition) is 3. The number of carboxylic acid groups (broad SMARTS) is 1. The summed E-state index contributed by atoms with van der Waals surface area (Å²) in [5.74, 6) is -0.138. The van der Waals surface area contributed by atoms with Gasteiger partial charge in [-0.3, -0.25) is 9.36 Å². The zero-order valence-electron chi connectivity index (χ0n) is 22.6. The number of aromatic amines is 1. The number of nitrogens with one attached hydrogen (secondary N) is 2. The molecule has 3 N–H and O–H groups in total. The first-order chi connectivity index (χ1) is 20.0. The van der Waals surface area contributed by atoms with Crippen molar-refractivity contribution in [3.05, 3.63) is 108 Å². The van der Waals surface area contributed by atoms with Gasteiger partial charge in [-0.1, -0.05) is 79.3 Å². The molecular weight excluding hydrogens is 538 g/mol. The third-order valence-corrected chi connectivity index (χ3v) is 7.71. The number of nitrogens with zero attached hydrogens (tertiary/aromatic N) is 3. The number of carboxylic acids is 1. The summed E-state index contributed by atoms with van der Waals surface area (Å²) in [6.07, 6.45) is 2.91. The molecule has 0 aliphatic carbocycles. The molecule has 0 saturated heterocycles. The Labute approximate surface area is 242 Å². The first kappa shape index (κ1) is 28.0. The molecule has 1 atom stereocenters. The summed E-state index contributed by atoms with van der Waals surface area (Å²) >= 11 is 1.21. The summed E-state index contributed by atoms with van der Waals surface area (Å²) in [6, 6.07) is 24.5. The Morgan fingerprint density at radius 1 is 1.00 bits per heavy atom. The quantitative estimate of drug-likeness (QED) is 0.173. The number of thioether (sulfide) groups is 1. The van der Waals surface area contributed by atoms with E-state index in [1.54, 1.807) is 6.20 Å². The minimum atomic E-state index is -1.09. The molecule has 5 rings (SSSR count). The van der Waals surface area contributed by atoms with E-state index in [4.69, 9.17) is 4.74 Å². The van der Waals surface area contributed by atoms with Crippen molar-refractivity contribution in [3.63, 3.8) is 0 Å². The summed E-state index contributed by atoms with van der Waals surface area (Å²) in [6.45, 7) is 2.82. The third kappa shape index (κ3) is 7.15. The van der Waals surface area contributed by atoms with Crippen molar-refractivity contribution in [3.8, 4) is 5.75 Å². The lowest BCUT2D eigenvalue weighted by Gasteiger charge is -2.15. The maximum absolute atomic E-state index is 12.9. The van der Waals surface area contributed by atoms with Gasteiger partial charge < -0.3 is 20.1 Å². The molecule has 3 aromatic carbocycles. The Balaban J connectivity index is 1.26. The molecule has 210 valence electrons. The second-order valence-corrected chi connectivity index (χ2v) is 10.5. The number of carbonyl (C=O) groups excluding carboxylic acids is 1. The number of aliphatic carboxylic acids is 1. The number of H-pyrrole nitrogens is 1. The SMILES string of the molecule is CCc1ccc(OCc2nnc(SCC(=O)NC(Cc3c[nH]c4ccccc34)C(=O)O)n2Cc2ccccc2)cc1. The fraction of sp³-hybridized carbons (Fsp3) is 0.226. The number of hydrogen-bond acceptors (Lipinski definition) is 6. The van der Waals surface area contributed by atoms with Crippen molar-refractivity contribution in [2.45, 2.75) is 44.1 Å². The van der Waals surface area contributed by atoms with Gasteiger partial charge in [0.05, 0.1) is 12.3 Å². The average Bonchev–Trinajstić information content (AvgIpc) is 3.58. The van der Waals surface area contributed by atoms with Crippen molar-refractivity contribution in [1.29, 1.82) is 0 Å². The van der Waals surface area contributed by atoms with Crippen LogP contribution in [0.2, 0.25) is 0 Å². The van der Waals surface area contributed by atoms with Crippen LogP contribution >= 0.6 is 11.8 Å². The van der Waals surface area contributed by atoms with Crippen LogP contribution in [0.25, 0.3) is 10.9 Å². The van der Waals surface area contributed by atoms with Crippen molar-refractivity contribution in [2.75, 3.05) is 5.75 Å². The van der Waals surface area contributed by atoms with Crippen molar-refractivity contribution < 1.29 is 19.4 Å². The standard InChI is InChI=1S/C31H31N5O4S/c1-2-21-12-14-24(15-13-21)40-19-28-34-35-31(36(28)18-22-8-4-3-5-9-22)41-20-29(37)33-27(30(38)39)16-23-17-32-26-11-7-6-10-25(23)26/h3-15,17,27,32H,2,16,18-20H2,1H3,(H,33,37)(H,38,39). The van der Waals surface area contributed by atoms with E-state index < -0.39 is 17.9 Å². The number of rotatable bonds is 13. The normalized spacial score (nSPS) is 11.8. The van der Waals surface area contributed by atoms with Crippen LogP contribution in [0.1, 0.15) is 29.4 Å². The fourth-order valence-electron chi connectivity index (χ4n) is 4.51. The number of aromatic nitrogens is 4. The highest BCUT2D eigenvalue weighted by molar-refractivity contribution is 7.99. The summed E-state index contributed by atoms with van der Waals surface area (Å²) in [4.78, 5) is 28.0. The Kier molecular flexibility index (Phi) is 9.00. The van der Waals surface area contributed by atoms with Crippen LogP contribution in [0, 0.1) is 0 Å². The average molecular weight is 570 g/mol. The Hall–Kier alpha value is -4.57. The molecule has 41 heavy (non-hydrogen) atoms. The van der Waals surface area contributed by atoms with Gasteiger partial charge in [-0.15, -0.1) is 10.2 Å². The maximum atomic E-state index is 12.9. The molecule has 1 amide bonds. The van der Waals surface area contributed by atoms with Gasteiger partial charge in [0.1, 0.15) is 18.4 Å². The number of para-hydroxylation sites is 1. The van der Waals surface area contributed by atoms with Crippen LogP contribution in [0.5, 0.6) is 5.75 Å². The lowest BCUT2D eigenvalue weighted by molar-refractivity contribution is -0.141. The Morgan fingerprint density at radius 3 is 2.51 bits per heavy atom. The number of benzene rings is 3. The number of ether oxygens (including phenoxy) is 1. The van der Waals surface area contributed by atoms with Crippen LogP contribution in [-0.2, 0) is 35.6 Å². The van der Waals surface area contributed by atoms with E-state index in [2.05, 4.69) is 27.4 Å². The van der Waals surface area contributed by atoms with Crippen LogP contribution in [0.15, 0.2) is 90.2 Å². The van der Waals surface area contributed by atoms with Gasteiger partial charge in [-0.05, 0) is 41.3 Å². The summed E-state index contributed by atoms with van der Waals surface area (Å²) in [5, 5.41) is 22.6. The van der Waals surface area contributed by atoms with E-state index in [0.29, 0.717) is 17.5 Å². The minimum Gasteiger partial charge on any atom is -0.486 e. The lowest BCUT2D eigenvalue weighted by atomic mass is 10.1. The van der Waals surface area contributed by atoms with Gasteiger partial charge in [-0.25, -0.2) is 4.79 Å². The molecule has 0 spiro atoms. The molecule has 9 nitrogen and oxygen atoms in total. The molecule has 0 bridgehead atoms. The predicted octanol–water partition coefficient (Wildman–Crippen LogP) is 4.85. The molecule has 1 unspecified atom stereocenters. The predicted molar refractivity (Wildman–Crippen MR) is 158 cm³/mol. The minimum absolute atomic E-state index is 0.01000. The number of aryl methyl sites for hydroxylation is 1. The molecule has 10 heteroatoms. The van der Waals surface area contributed by atoms with Crippen LogP contribution in [0.4, 0.5) is 0 Å². The highest BCUT2D eigenvalue weighted by Crippen LogP contribution is 2.22. The van der Waals surface area contributed by atoms with Gasteiger partial charge in [-0.2, -0.15) is 0 Å². The summed E-state index contributed by atoms with van der Waals surface area (Å²) in [5.41, 5.74) is 4.03. The van der Waals surface area contributed by atoms with Crippen LogP contribution in [-0.4, -0.2) is 48.5 Å². The van der Waals surface area contributed by atoms with Gasteiger partial charge in [0.15, 0.2) is 11.0 Å². The van der Waals surface area contributed by atoms with E-state index in [9.17, 15) is 14.7 Å². The van der Waals surface area contributed by atoms with E-state index >= 15 is 0 Å². The van der Waals surface area contributed by atoms with Crippen molar-refractivity contribution in [1.82, 2.24) is 25.1 Å². The van der Waals surface area contributed by atoms with Gasteiger partial charge >= 0.3 is 5.97 Å². The zero-order chi connectivity index (χ0) is 28.6. The van der Waals surface area contributed by atoms with Crippen molar-refractivity contribution >= 4 is 34.5 Å². The van der Waals surface area contributed by atoms with Crippen molar-refractivity contribution in [2.24, 2.45) is 0 Å². The molecule has 2 aromatic heterocycles. The highest BCUT2D eigenvalue weighted by atomic mass is 32.2. The molecule has 5 aromatic rings. The molecule has 2 heterocycles. The summed E-state index contributed by atoms with van der Waals surface area (Å²) in [7, 11) is 0. The van der Waals surface area contributed by atoms with E-state index in [0.717, 1.165) is 34.2 Å². The Bertz CT molecular complexity index is 1610. The zero-order valence-corrected chi connectivity index (χ0v) is 23.4. The Morgan fingerprint density at radius 2 is 1.76 bits per heavy atom. The topological polar surface area (TPSA) is 122 Å². The highest BCUT2D eigenvalue weighted by Gasteiger charge is 2.23.